The summed E-state index contributed by atoms with van der Waals surface area (Å²) in [5.74, 6) is 0.0512. The van der Waals surface area contributed by atoms with E-state index in [-0.39, 0.29) is 0 Å². The van der Waals surface area contributed by atoms with E-state index in [1.807, 2.05) is 25.1 Å². The van der Waals surface area contributed by atoms with Crippen LogP contribution in [0.5, 0.6) is 5.75 Å². The van der Waals surface area contributed by atoms with E-state index in [9.17, 15) is 4.79 Å². The van der Waals surface area contributed by atoms with Gasteiger partial charge in [-0.15, -0.1) is 11.3 Å². The van der Waals surface area contributed by atoms with Crippen LogP contribution in [-0.2, 0) is 6.54 Å². The number of carboxylic acid groups (broad SMARTS) is 1. The minimum absolute atomic E-state index is 0.404. The molecule has 21 heavy (non-hydrogen) atoms. The summed E-state index contributed by atoms with van der Waals surface area (Å²) in [5, 5.41) is 9.11. The Bertz CT molecular complexity index is 665. The van der Waals surface area contributed by atoms with Crippen molar-refractivity contribution in [2.24, 2.45) is 0 Å². The van der Waals surface area contributed by atoms with Gasteiger partial charge in [0.25, 0.3) is 0 Å². The van der Waals surface area contributed by atoms with Gasteiger partial charge in [-0.3, -0.25) is 0 Å². The summed E-state index contributed by atoms with van der Waals surface area (Å²) in [4.78, 5) is 14.8. The second kappa shape index (κ2) is 5.77. The molecule has 0 unspecified atom stereocenters. The number of rotatable bonds is 3. The minimum atomic E-state index is -0.853. The summed E-state index contributed by atoms with van der Waals surface area (Å²) in [6.45, 7) is 4.33. The second-order valence-corrected chi connectivity index (χ2v) is 6.34. The molecule has 2 aromatic rings. The molecule has 0 radical (unpaired) electrons. The molecule has 0 atom stereocenters. The molecule has 0 amide bonds. The molecule has 0 aliphatic carbocycles. The molecule has 0 bridgehead atoms. The molecule has 1 aliphatic rings. The van der Waals surface area contributed by atoms with Crippen LogP contribution in [-0.4, -0.2) is 24.2 Å². The largest absolute Gasteiger partial charge is 0.491 e. The number of para-hydroxylation sites is 2. The number of hydrogen-bond donors (Lipinski definition) is 1. The first kappa shape index (κ1) is 13.9. The molecule has 3 rings (SSSR count). The maximum Gasteiger partial charge on any atom is 0.345 e. The third kappa shape index (κ3) is 2.88. The van der Waals surface area contributed by atoms with Crippen molar-refractivity contribution in [2.45, 2.75) is 19.9 Å². The van der Waals surface area contributed by atoms with Crippen molar-refractivity contribution in [2.75, 3.05) is 18.1 Å². The molecule has 4 nitrogen and oxygen atoms in total. The van der Waals surface area contributed by atoms with Gasteiger partial charge in [0.05, 0.1) is 12.3 Å². The molecule has 0 saturated heterocycles. The summed E-state index contributed by atoms with van der Waals surface area (Å²) < 4.78 is 5.76. The van der Waals surface area contributed by atoms with E-state index in [4.69, 9.17) is 9.84 Å². The van der Waals surface area contributed by atoms with Gasteiger partial charge < -0.3 is 14.7 Å². The van der Waals surface area contributed by atoms with E-state index < -0.39 is 5.97 Å². The maximum atomic E-state index is 11.1. The molecule has 1 aromatic carbocycles. The predicted octanol–water partition coefficient (Wildman–Crippen LogP) is 3.54. The first-order chi connectivity index (χ1) is 10.1. The Morgan fingerprint density at radius 1 is 1.43 bits per heavy atom. The SMILES string of the molecule is Cc1sc(C(=O)O)cc1CN1CCCOc2ccccc21. The van der Waals surface area contributed by atoms with Crippen molar-refractivity contribution in [1.82, 2.24) is 0 Å². The monoisotopic (exact) mass is 303 g/mol. The number of carboxylic acids is 1. The molecule has 5 heteroatoms. The van der Waals surface area contributed by atoms with E-state index >= 15 is 0 Å². The van der Waals surface area contributed by atoms with Crippen LogP contribution in [0.25, 0.3) is 0 Å². The fraction of sp³-hybridized carbons (Fsp3) is 0.312. The van der Waals surface area contributed by atoms with Gasteiger partial charge >= 0.3 is 5.97 Å². The normalized spacial score (nSPS) is 14.2. The van der Waals surface area contributed by atoms with Crippen LogP contribution >= 0.6 is 11.3 Å². The fourth-order valence-corrected chi connectivity index (χ4v) is 3.42. The fourth-order valence-electron chi connectivity index (χ4n) is 2.55. The Labute approximate surface area is 127 Å². The Morgan fingerprint density at radius 2 is 2.24 bits per heavy atom. The van der Waals surface area contributed by atoms with Gasteiger partial charge in [0.2, 0.25) is 0 Å². The van der Waals surface area contributed by atoms with E-state index in [1.54, 1.807) is 6.07 Å². The summed E-state index contributed by atoms with van der Waals surface area (Å²) >= 11 is 1.34. The van der Waals surface area contributed by atoms with Crippen molar-refractivity contribution in [3.8, 4) is 5.75 Å². The first-order valence-electron chi connectivity index (χ1n) is 6.94. The lowest BCUT2D eigenvalue weighted by molar-refractivity contribution is 0.0702. The van der Waals surface area contributed by atoms with Gasteiger partial charge in [-0.25, -0.2) is 4.79 Å². The summed E-state index contributed by atoms with van der Waals surface area (Å²) in [7, 11) is 0. The number of hydrogen-bond acceptors (Lipinski definition) is 4. The lowest BCUT2D eigenvalue weighted by Gasteiger charge is -2.23. The van der Waals surface area contributed by atoms with E-state index in [1.165, 1.54) is 11.3 Å². The zero-order valence-corrected chi connectivity index (χ0v) is 12.7. The molecule has 0 spiro atoms. The quantitative estimate of drug-likeness (QED) is 0.942. The third-order valence-corrected chi connectivity index (χ3v) is 4.71. The van der Waals surface area contributed by atoms with E-state index in [0.717, 1.165) is 48.0 Å². The Kier molecular flexibility index (Phi) is 3.84. The Hall–Kier alpha value is -2.01. The van der Waals surface area contributed by atoms with Gasteiger partial charge in [0.1, 0.15) is 10.6 Å². The standard InChI is InChI=1S/C16H17NO3S/c1-11-12(9-15(21-11)16(18)19)10-17-7-4-8-20-14-6-3-2-5-13(14)17/h2-3,5-6,9H,4,7-8,10H2,1H3,(H,18,19). The second-order valence-electron chi connectivity index (χ2n) is 5.09. The number of ether oxygens (including phenoxy) is 1. The van der Waals surface area contributed by atoms with Gasteiger partial charge in [-0.05, 0) is 37.1 Å². The maximum absolute atomic E-state index is 11.1. The number of nitrogens with zero attached hydrogens (tertiary/aromatic N) is 1. The third-order valence-electron chi connectivity index (χ3n) is 3.63. The van der Waals surface area contributed by atoms with Crippen LogP contribution < -0.4 is 9.64 Å². The zero-order valence-electron chi connectivity index (χ0n) is 11.8. The minimum Gasteiger partial charge on any atom is -0.491 e. The van der Waals surface area contributed by atoms with E-state index in [0.29, 0.717) is 4.88 Å². The molecular weight excluding hydrogens is 286 g/mol. The van der Waals surface area contributed by atoms with Crippen LogP contribution in [0.1, 0.15) is 26.5 Å². The van der Waals surface area contributed by atoms with Crippen molar-refractivity contribution in [3.05, 3.63) is 45.6 Å². The Balaban J connectivity index is 1.89. The zero-order chi connectivity index (χ0) is 14.8. The lowest BCUT2D eigenvalue weighted by atomic mass is 10.2. The van der Waals surface area contributed by atoms with Gasteiger partial charge in [0, 0.05) is 18.0 Å². The molecule has 1 aromatic heterocycles. The predicted molar refractivity (Wildman–Crippen MR) is 83.6 cm³/mol. The Morgan fingerprint density at radius 3 is 3.00 bits per heavy atom. The highest BCUT2D eigenvalue weighted by Gasteiger charge is 2.18. The number of fused-ring (bicyclic) bond motifs is 1. The molecule has 110 valence electrons. The average Bonchev–Trinajstić information content (AvgIpc) is 2.72. The van der Waals surface area contributed by atoms with Crippen molar-refractivity contribution >= 4 is 23.0 Å². The van der Waals surface area contributed by atoms with Gasteiger partial charge in [0.15, 0.2) is 0 Å². The average molecular weight is 303 g/mol. The smallest absolute Gasteiger partial charge is 0.345 e. The molecular formula is C16H17NO3S. The highest BCUT2D eigenvalue weighted by Crippen LogP contribution is 2.33. The summed E-state index contributed by atoms with van der Waals surface area (Å²) in [5.41, 5.74) is 2.16. The van der Waals surface area contributed by atoms with Crippen molar-refractivity contribution in [1.29, 1.82) is 0 Å². The van der Waals surface area contributed by atoms with Crippen LogP contribution in [0.2, 0.25) is 0 Å². The first-order valence-corrected chi connectivity index (χ1v) is 7.76. The topological polar surface area (TPSA) is 49.8 Å². The lowest BCUT2D eigenvalue weighted by Crippen LogP contribution is -2.23. The number of carbonyl (C=O) groups is 1. The van der Waals surface area contributed by atoms with Crippen LogP contribution in [0.3, 0.4) is 0 Å². The van der Waals surface area contributed by atoms with E-state index in [2.05, 4.69) is 11.0 Å². The number of aromatic carboxylic acids is 1. The molecule has 0 fully saturated rings. The van der Waals surface area contributed by atoms with Crippen LogP contribution in [0.15, 0.2) is 30.3 Å². The molecule has 2 heterocycles. The van der Waals surface area contributed by atoms with Crippen molar-refractivity contribution in [3.63, 3.8) is 0 Å². The molecule has 1 N–H and O–H groups in total. The summed E-state index contributed by atoms with van der Waals surface area (Å²) in [6.07, 6.45) is 0.962. The summed E-state index contributed by atoms with van der Waals surface area (Å²) in [6, 6.07) is 9.80. The van der Waals surface area contributed by atoms with Crippen LogP contribution in [0.4, 0.5) is 5.69 Å². The molecule has 0 saturated carbocycles. The van der Waals surface area contributed by atoms with Gasteiger partial charge in [-0.1, -0.05) is 12.1 Å². The van der Waals surface area contributed by atoms with Crippen molar-refractivity contribution < 1.29 is 14.6 Å². The number of anilines is 1. The highest BCUT2D eigenvalue weighted by molar-refractivity contribution is 7.14. The number of benzene rings is 1. The number of thiophene rings is 1. The van der Waals surface area contributed by atoms with Gasteiger partial charge in [-0.2, -0.15) is 0 Å². The number of aryl methyl sites for hydroxylation is 1. The molecule has 1 aliphatic heterocycles. The highest BCUT2D eigenvalue weighted by atomic mass is 32.1. The van der Waals surface area contributed by atoms with Crippen LogP contribution in [0, 0.1) is 6.92 Å².